The highest BCUT2D eigenvalue weighted by Crippen LogP contribution is 2.42. The molecule has 6 nitrogen and oxygen atoms in total. The van der Waals surface area contributed by atoms with E-state index in [4.69, 9.17) is 4.74 Å². The Kier molecular flexibility index (Phi) is 5.37. The van der Waals surface area contributed by atoms with Crippen LogP contribution in [-0.2, 0) is 19.9 Å². The Morgan fingerprint density at radius 2 is 1.82 bits per heavy atom. The largest absolute Gasteiger partial charge is 0.497 e. The van der Waals surface area contributed by atoms with E-state index >= 15 is 0 Å². The van der Waals surface area contributed by atoms with E-state index in [1.54, 1.807) is 5.32 Å². The predicted molar refractivity (Wildman–Crippen MR) is 67.9 cm³/mol. The summed E-state index contributed by atoms with van der Waals surface area (Å²) < 4.78 is 49.2. The van der Waals surface area contributed by atoms with Crippen molar-refractivity contribution in [3.63, 3.8) is 0 Å². The molecule has 0 bridgehead atoms. The van der Waals surface area contributed by atoms with Crippen molar-refractivity contribution in [2.75, 3.05) is 14.2 Å². The number of ether oxygens (including phenoxy) is 2. The molecule has 2 atom stereocenters. The van der Waals surface area contributed by atoms with Gasteiger partial charge in [-0.1, -0.05) is 12.1 Å². The molecule has 0 saturated carbocycles. The van der Waals surface area contributed by atoms with Crippen LogP contribution in [0.1, 0.15) is 5.56 Å². The molecular formula is C13H14F3NO5. The summed E-state index contributed by atoms with van der Waals surface area (Å²) in [4.78, 5) is 22.1. The van der Waals surface area contributed by atoms with Crippen molar-refractivity contribution in [1.29, 1.82) is 0 Å². The first-order valence-corrected chi connectivity index (χ1v) is 5.93. The second-order valence-corrected chi connectivity index (χ2v) is 4.23. The molecule has 0 heterocycles. The number of hydrogen-bond acceptors (Lipinski definition) is 5. The molecular weight excluding hydrogens is 307 g/mol. The number of carbonyl (C=O) groups excluding carboxylic acids is 2. The zero-order valence-corrected chi connectivity index (χ0v) is 11.7. The van der Waals surface area contributed by atoms with Crippen molar-refractivity contribution in [2.45, 2.75) is 17.8 Å². The fourth-order valence-electron chi connectivity index (χ4n) is 1.88. The van der Waals surface area contributed by atoms with E-state index in [2.05, 4.69) is 4.74 Å². The first kappa shape index (κ1) is 17.8. The van der Waals surface area contributed by atoms with Crippen molar-refractivity contribution >= 4 is 12.4 Å². The summed E-state index contributed by atoms with van der Waals surface area (Å²) in [5.41, 5.74) is -4.31. The summed E-state index contributed by atoms with van der Waals surface area (Å²) in [5.74, 6) is -1.19. The minimum absolute atomic E-state index is 0.123. The van der Waals surface area contributed by atoms with Gasteiger partial charge in [0, 0.05) is 0 Å². The second-order valence-electron chi connectivity index (χ2n) is 4.23. The van der Waals surface area contributed by atoms with Crippen molar-refractivity contribution in [3.8, 4) is 5.75 Å². The van der Waals surface area contributed by atoms with Crippen molar-refractivity contribution in [3.05, 3.63) is 29.8 Å². The van der Waals surface area contributed by atoms with Gasteiger partial charge in [-0.3, -0.25) is 4.79 Å². The molecule has 2 N–H and O–H groups in total. The van der Waals surface area contributed by atoms with Crippen LogP contribution in [0.3, 0.4) is 0 Å². The molecule has 1 aromatic rings. The van der Waals surface area contributed by atoms with Crippen LogP contribution in [0.25, 0.3) is 0 Å². The van der Waals surface area contributed by atoms with Crippen LogP contribution in [-0.4, -0.2) is 43.9 Å². The Morgan fingerprint density at radius 1 is 1.27 bits per heavy atom. The van der Waals surface area contributed by atoms with E-state index in [1.165, 1.54) is 19.2 Å². The van der Waals surface area contributed by atoms with Gasteiger partial charge in [0.2, 0.25) is 12.0 Å². The smallest absolute Gasteiger partial charge is 0.424 e. The second kappa shape index (κ2) is 6.65. The number of carbonyl (C=O) groups is 2. The average molecular weight is 321 g/mol. The lowest BCUT2D eigenvalue weighted by molar-refractivity contribution is -0.276. The molecule has 0 radical (unpaired) electrons. The van der Waals surface area contributed by atoms with Gasteiger partial charge in [-0.2, -0.15) is 13.2 Å². The Morgan fingerprint density at radius 3 is 2.18 bits per heavy atom. The van der Waals surface area contributed by atoms with E-state index in [-0.39, 0.29) is 12.2 Å². The number of esters is 1. The molecule has 9 heteroatoms. The highest BCUT2D eigenvalue weighted by molar-refractivity contribution is 5.80. The van der Waals surface area contributed by atoms with Crippen molar-refractivity contribution in [1.82, 2.24) is 5.32 Å². The minimum Gasteiger partial charge on any atom is -0.497 e. The molecule has 0 spiro atoms. The van der Waals surface area contributed by atoms with Crippen LogP contribution in [0, 0.1) is 0 Å². The highest BCUT2D eigenvalue weighted by atomic mass is 19.4. The number of halogens is 3. The molecule has 0 aromatic heterocycles. The van der Waals surface area contributed by atoms with Crippen LogP contribution in [0.2, 0.25) is 0 Å². The molecule has 1 amide bonds. The molecule has 0 aliphatic heterocycles. The number of aliphatic hydroxyl groups is 1. The van der Waals surface area contributed by atoms with Gasteiger partial charge >= 0.3 is 12.1 Å². The Labute approximate surface area is 123 Å². The molecule has 1 aromatic carbocycles. The summed E-state index contributed by atoms with van der Waals surface area (Å²) in [6.07, 6.45) is -5.38. The molecule has 0 unspecified atom stereocenters. The lowest BCUT2D eigenvalue weighted by Crippen LogP contribution is -2.60. The molecule has 1 rings (SSSR count). The van der Waals surface area contributed by atoms with E-state index < -0.39 is 29.4 Å². The van der Waals surface area contributed by atoms with Gasteiger partial charge in [-0.15, -0.1) is 0 Å². The summed E-state index contributed by atoms with van der Waals surface area (Å²) in [7, 11) is 2.16. The zero-order chi connectivity index (χ0) is 17.0. The quantitative estimate of drug-likeness (QED) is 0.596. The van der Waals surface area contributed by atoms with Gasteiger partial charge in [0.05, 0.1) is 14.2 Å². The standard InChI is InChI=1S/C13H14F3NO5/c1-21-9-5-3-8(4-6-9)12(20,13(14,15)16)10(17-7-18)11(19)22-2/h3-7,10,20H,1-2H3,(H,17,18)/t10-,12+/m0/s1. The third kappa shape index (κ3) is 3.14. The molecule has 0 aliphatic rings. The summed E-state index contributed by atoms with van der Waals surface area (Å²) >= 11 is 0. The maximum absolute atomic E-state index is 13.4. The fourth-order valence-corrected chi connectivity index (χ4v) is 1.88. The molecule has 22 heavy (non-hydrogen) atoms. The Balaban J connectivity index is 3.46. The van der Waals surface area contributed by atoms with Gasteiger partial charge in [0.1, 0.15) is 5.75 Å². The summed E-state index contributed by atoms with van der Waals surface area (Å²) in [6.45, 7) is 0. The van der Waals surface area contributed by atoms with E-state index in [0.29, 0.717) is 0 Å². The molecule has 0 fully saturated rings. The number of rotatable bonds is 6. The zero-order valence-electron chi connectivity index (χ0n) is 11.7. The first-order chi connectivity index (χ1) is 10.2. The van der Waals surface area contributed by atoms with Crippen LogP contribution < -0.4 is 10.1 Å². The predicted octanol–water partition coefficient (Wildman–Crippen LogP) is 0.733. The van der Waals surface area contributed by atoms with Gasteiger partial charge in [-0.25, -0.2) is 4.79 Å². The van der Waals surface area contributed by atoms with Crippen molar-refractivity contribution in [2.24, 2.45) is 0 Å². The average Bonchev–Trinajstić information content (AvgIpc) is 2.50. The fraction of sp³-hybridized carbons (Fsp3) is 0.385. The maximum atomic E-state index is 13.4. The molecule has 122 valence electrons. The lowest BCUT2D eigenvalue weighted by atomic mass is 9.85. The summed E-state index contributed by atoms with van der Waals surface area (Å²) in [6, 6.07) is 1.88. The minimum atomic E-state index is -5.25. The van der Waals surface area contributed by atoms with Crippen molar-refractivity contribution < 1.29 is 37.3 Å². The number of hydrogen-bond donors (Lipinski definition) is 2. The number of alkyl halides is 3. The van der Waals surface area contributed by atoms with Gasteiger partial charge in [0.15, 0.2) is 6.04 Å². The van der Waals surface area contributed by atoms with Gasteiger partial charge < -0.3 is 19.9 Å². The molecule has 0 saturated heterocycles. The Hall–Kier alpha value is -2.29. The maximum Gasteiger partial charge on any atom is 0.424 e. The van der Waals surface area contributed by atoms with Gasteiger partial charge in [0.25, 0.3) is 0 Å². The van der Waals surface area contributed by atoms with E-state index in [9.17, 15) is 27.9 Å². The third-order valence-corrected chi connectivity index (χ3v) is 3.05. The summed E-state index contributed by atoms with van der Waals surface area (Å²) in [5, 5.41) is 11.8. The lowest BCUT2D eigenvalue weighted by Gasteiger charge is -2.36. The van der Waals surface area contributed by atoms with Crippen LogP contribution in [0.15, 0.2) is 24.3 Å². The van der Waals surface area contributed by atoms with Crippen LogP contribution >= 0.6 is 0 Å². The van der Waals surface area contributed by atoms with Crippen LogP contribution in [0.4, 0.5) is 13.2 Å². The highest BCUT2D eigenvalue weighted by Gasteiger charge is 2.62. The van der Waals surface area contributed by atoms with Gasteiger partial charge in [-0.05, 0) is 17.7 Å². The number of amides is 1. The topological polar surface area (TPSA) is 84.9 Å². The number of benzene rings is 1. The third-order valence-electron chi connectivity index (χ3n) is 3.05. The SMILES string of the molecule is COC(=O)[C@H](NC=O)[C@](O)(c1ccc(OC)cc1)C(F)(F)F. The molecule has 0 aliphatic carbocycles. The van der Waals surface area contributed by atoms with E-state index in [0.717, 1.165) is 19.2 Å². The monoisotopic (exact) mass is 321 g/mol. The Bertz CT molecular complexity index is 531. The van der Waals surface area contributed by atoms with E-state index in [1.807, 2.05) is 0 Å². The normalized spacial score (nSPS) is 15.4. The number of methoxy groups -OCH3 is 2. The number of nitrogens with one attached hydrogen (secondary N) is 1. The van der Waals surface area contributed by atoms with Crippen LogP contribution in [0.5, 0.6) is 5.75 Å². The first-order valence-electron chi connectivity index (χ1n) is 5.93.